The summed E-state index contributed by atoms with van der Waals surface area (Å²) in [6, 6.07) is 9.48. The van der Waals surface area contributed by atoms with Gasteiger partial charge in [-0.25, -0.2) is 0 Å². The average molecular weight is 563 g/mol. The van der Waals surface area contributed by atoms with Gasteiger partial charge >= 0.3 is 12.4 Å². The minimum absolute atomic E-state index is 0.143. The second kappa shape index (κ2) is 12.9. The van der Waals surface area contributed by atoms with Crippen molar-refractivity contribution < 1.29 is 31.4 Å². The van der Waals surface area contributed by atoms with Crippen LogP contribution in [0.5, 0.6) is 0 Å². The maximum absolute atomic E-state index is 12.7. The quantitative estimate of drug-likeness (QED) is 0.235. The van der Waals surface area contributed by atoms with Gasteiger partial charge in [-0.05, 0) is 55.3 Å². The highest BCUT2D eigenvalue weighted by Crippen LogP contribution is 2.36. The van der Waals surface area contributed by atoms with Crippen molar-refractivity contribution in [3.05, 3.63) is 53.6 Å². The smallest absolute Gasteiger partial charge is 0.398 e. The molecule has 0 unspecified atom stereocenters. The van der Waals surface area contributed by atoms with Gasteiger partial charge in [-0.2, -0.15) is 26.3 Å². The molecule has 0 radical (unpaired) electrons. The topological polar surface area (TPSA) is 64.8 Å². The number of benzene rings is 2. The largest absolute Gasteiger partial charge is 0.418 e. The Hall–Kier alpha value is -2.73. The van der Waals surface area contributed by atoms with Gasteiger partial charge < -0.3 is 26.0 Å². The molecule has 0 atom stereocenters. The number of thiocarbonyl (C=S) groups is 1. The Labute approximate surface area is 223 Å². The highest BCUT2D eigenvalue weighted by molar-refractivity contribution is 7.80. The molecule has 0 spiro atoms. The maximum atomic E-state index is 12.7. The van der Waals surface area contributed by atoms with Crippen LogP contribution >= 0.6 is 12.2 Å². The van der Waals surface area contributed by atoms with E-state index in [0.29, 0.717) is 36.9 Å². The minimum atomic E-state index is -4.39. The predicted octanol–water partition coefficient (Wildman–Crippen LogP) is 6.18. The van der Waals surface area contributed by atoms with E-state index in [9.17, 15) is 26.3 Å². The molecule has 0 amide bonds. The van der Waals surface area contributed by atoms with Gasteiger partial charge in [-0.3, -0.25) is 0 Å². The molecule has 12 heteroatoms. The van der Waals surface area contributed by atoms with Crippen molar-refractivity contribution >= 4 is 34.3 Å². The third-order valence-corrected chi connectivity index (χ3v) is 7.05. The lowest BCUT2D eigenvalue weighted by Gasteiger charge is -2.37. The van der Waals surface area contributed by atoms with E-state index < -0.39 is 23.5 Å². The van der Waals surface area contributed by atoms with Crippen molar-refractivity contribution in [3.8, 4) is 0 Å². The van der Waals surface area contributed by atoms with Crippen LogP contribution in [-0.2, 0) is 12.4 Å². The van der Waals surface area contributed by atoms with E-state index in [-0.39, 0.29) is 18.3 Å². The van der Waals surface area contributed by atoms with Crippen molar-refractivity contribution in [2.24, 2.45) is 0 Å². The highest BCUT2D eigenvalue weighted by Gasteiger charge is 2.33. The van der Waals surface area contributed by atoms with Gasteiger partial charge in [0, 0.05) is 49.3 Å². The molecule has 210 valence electrons. The lowest BCUT2D eigenvalue weighted by atomic mass is 9.95. The van der Waals surface area contributed by atoms with Gasteiger partial charge in [0.2, 0.25) is 0 Å². The molecule has 2 aromatic rings. The van der Waals surface area contributed by atoms with E-state index in [2.05, 4.69) is 5.32 Å². The molecular weight excluding hydrogens is 530 g/mol. The average Bonchev–Trinajstić information content (AvgIpc) is 2.89. The van der Waals surface area contributed by atoms with Gasteiger partial charge in [0.25, 0.3) is 0 Å². The number of piperazine rings is 1. The third kappa shape index (κ3) is 8.39. The van der Waals surface area contributed by atoms with Crippen LogP contribution in [0.1, 0.15) is 43.2 Å². The molecule has 2 aliphatic rings. The summed E-state index contributed by atoms with van der Waals surface area (Å²) in [4.78, 5) is 4.43. The second-order valence-electron chi connectivity index (χ2n) is 9.35. The summed E-state index contributed by atoms with van der Waals surface area (Å²) in [6.07, 6.45) is -3.17. The van der Waals surface area contributed by atoms with Crippen LogP contribution in [0, 0.1) is 0 Å². The molecule has 1 saturated carbocycles. The summed E-state index contributed by atoms with van der Waals surface area (Å²) in [6.45, 7) is 2.54. The number of hydrogen-bond acceptors (Lipinski definition) is 5. The molecule has 0 aromatic heterocycles. The number of hydrogen-bond donors (Lipinski definition) is 3. The Balaban J connectivity index is 0.000000212. The minimum Gasteiger partial charge on any atom is -0.398 e. The van der Waals surface area contributed by atoms with Crippen molar-refractivity contribution in [3.63, 3.8) is 0 Å². The van der Waals surface area contributed by atoms with Gasteiger partial charge in [0.1, 0.15) is 4.99 Å². The molecule has 5 nitrogen and oxygen atoms in total. The molecule has 2 aromatic carbocycles. The Morgan fingerprint density at radius 3 is 2.03 bits per heavy atom. The van der Waals surface area contributed by atoms with Crippen molar-refractivity contribution in [2.75, 3.05) is 48.7 Å². The maximum Gasteiger partial charge on any atom is 0.418 e. The zero-order valence-corrected chi connectivity index (χ0v) is 21.6. The summed E-state index contributed by atoms with van der Waals surface area (Å²) in [5.41, 5.74) is 5.01. The summed E-state index contributed by atoms with van der Waals surface area (Å²) in [5, 5.41) is 12.1. The highest BCUT2D eigenvalue weighted by atomic mass is 32.1. The number of halogens is 6. The number of nitrogens with zero attached hydrogens (tertiary/aromatic N) is 2. The molecule has 38 heavy (non-hydrogen) atoms. The standard InChI is InChI=1S/C13H15F3N2OS.C13H17F3N2/c14-13(15,16)10-1-3-11(4-2-10)17-5-7-18(8-6-17)12(20)9-19;14-13(15,16)11-8-10(6-7-12(11)17)18-9-4-2-1-3-5-9/h1-4,19H,5-9H2;6-9,18H,1-5,17H2. The number of nitrogen functional groups attached to an aromatic ring is 1. The number of anilines is 3. The first-order valence-corrected chi connectivity index (χ1v) is 12.8. The Morgan fingerprint density at radius 1 is 0.895 bits per heavy atom. The Bertz CT molecular complexity index is 1050. The van der Waals surface area contributed by atoms with Crippen molar-refractivity contribution in [1.82, 2.24) is 4.90 Å². The van der Waals surface area contributed by atoms with E-state index in [1.807, 2.05) is 9.80 Å². The van der Waals surface area contributed by atoms with Crippen LogP contribution in [-0.4, -0.2) is 53.8 Å². The zero-order chi connectivity index (χ0) is 27.9. The number of alkyl halides is 6. The van der Waals surface area contributed by atoms with Gasteiger partial charge in [-0.15, -0.1) is 0 Å². The molecule has 4 N–H and O–H groups in total. The molecule has 1 aliphatic heterocycles. The van der Waals surface area contributed by atoms with Crippen LogP contribution in [0.2, 0.25) is 0 Å². The SMILES string of the molecule is Nc1ccc(NC2CCCCC2)cc1C(F)(F)F.OCC(=S)N1CCN(c2ccc(C(F)(F)F)cc2)CC1. The summed E-state index contributed by atoms with van der Waals surface area (Å²) in [5.74, 6) is 0. The molecule has 0 bridgehead atoms. The van der Waals surface area contributed by atoms with Crippen LogP contribution in [0.3, 0.4) is 0 Å². The van der Waals surface area contributed by atoms with Crippen molar-refractivity contribution in [1.29, 1.82) is 0 Å². The van der Waals surface area contributed by atoms with Crippen LogP contribution < -0.4 is 16.0 Å². The summed E-state index contributed by atoms with van der Waals surface area (Å²) in [7, 11) is 0. The van der Waals surface area contributed by atoms with E-state index in [0.717, 1.165) is 49.6 Å². The molecule has 1 aliphatic carbocycles. The molecule has 2 fully saturated rings. The van der Waals surface area contributed by atoms with E-state index in [4.69, 9.17) is 23.1 Å². The summed E-state index contributed by atoms with van der Waals surface area (Å²) >= 11 is 5.02. The molecule has 4 rings (SSSR count). The van der Waals surface area contributed by atoms with E-state index >= 15 is 0 Å². The number of rotatable bonds is 4. The number of nitrogens with two attached hydrogens (primary N) is 1. The number of aliphatic hydroxyl groups excluding tert-OH is 1. The number of aliphatic hydroxyl groups is 1. The first-order chi connectivity index (χ1) is 17.9. The van der Waals surface area contributed by atoms with Gasteiger partial charge in [0.15, 0.2) is 0 Å². The second-order valence-corrected chi connectivity index (χ2v) is 9.82. The van der Waals surface area contributed by atoms with Crippen LogP contribution in [0.25, 0.3) is 0 Å². The van der Waals surface area contributed by atoms with Gasteiger partial charge in [-0.1, -0.05) is 31.5 Å². The molecule has 1 heterocycles. The van der Waals surface area contributed by atoms with E-state index in [1.165, 1.54) is 24.6 Å². The summed E-state index contributed by atoms with van der Waals surface area (Å²) < 4.78 is 75.5. The van der Waals surface area contributed by atoms with Gasteiger partial charge in [0.05, 0.1) is 17.7 Å². The lowest BCUT2D eigenvalue weighted by molar-refractivity contribution is -0.138. The molecular formula is C26H32F6N4OS. The van der Waals surface area contributed by atoms with Crippen LogP contribution in [0.4, 0.5) is 43.4 Å². The fourth-order valence-corrected chi connectivity index (χ4v) is 4.73. The van der Waals surface area contributed by atoms with Crippen LogP contribution in [0.15, 0.2) is 42.5 Å². The predicted molar refractivity (Wildman–Crippen MR) is 141 cm³/mol. The number of nitrogens with one attached hydrogen (secondary N) is 1. The third-order valence-electron chi connectivity index (χ3n) is 6.66. The monoisotopic (exact) mass is 562 g/mol. The fourth-order valence-electron chi connectivity index (χ4n) is 4.55. The normalized spacial score (nSPS) is 17.0. The zero-order valence-electron chi connectivity index (χ0n) is 20.8. The lowest BCUT2D eigenvalue weighted by Crippen LogP contribution is -2.49. The molecule has 1 saturated heterocycles. The van der Waals surface area contributed by atoms with E-state index in [1.54, 1.807) is 6.07 Å². The first-order valence-electron chi connectivity index (χ1n) is 12.4. The van der Waals surface area contributed by atoms with Crippen molar-refractivity contribution in [2.45, 2.75) is 50.5 Å². The first kappa shape index (κ1) is 29.8. The Kier molecular flexibility index (Phi) is 10.1. The Morgan fingerprint density at radius 2 is 1.50 bits per heavy atom. The fraction of sp³-hybridized carbons (Fsp3) is 0.500.